The fraction of sp³-hybridized carbons (Fsp3) is 0.320. The quantitative estimate of drug-likeness (QED) is 0.692. The molecule has 7 heteroatoms. The summed E-state index contributed by atoms with van der Waals surface area (Å²) < 4.78 is 7.71. The van der Waals surface area contributed by atoms with Crippen LogP contribution in [0.2, 0.25) is 0 Å². The molecule has 3 aromatic rings. The van der Waals surface area contributed by atoms with Crippen molar-refractivity contribution in [3.63, 3.8) is 0 Å². The van der Waals surface area contributed by atoms with Gasteiger partial charge in [0.25, 0.3) is 5.91 Å². The summed E-state index contributed by atoms with van der Waals surface area (Å²) in [5.41, 5.74) is 5.58. The van der Waals surface area contributed by atoms with Gasteiger partial charge in [0.05, 0.1) is 29.9 Å². The Morgan fingerprint density at radius 1 is 1.22 bits per heavy atom. The van der Waals surface area contributed by atoms with E-state index in [1.807, 2.05) is 22.9 Å². The van der Waals surface area contributed by atoms with Gasteiger partial charge in [-0.1, -0.05) is 29.8 Å². The van der Waals surface area contributed by atoms with E-state index in [9.17, 15) is 4.79 Å². The first-order valence-corrected chi connectivity index (χ1v) is 10.9. The Morgan fingerprint density at radius 3 is 2.88 bits per heavy atom. The zero-order chi connectivity index (χ0) is 22.1. The Bertz CT molecular complexity index is 1190. The molecule has 0 saturated carbocycles. The molecular formula is C25H25N5O2. The maximum atomic E-state index is 12.9. The largest absolute Gasteiger partial charge is 0.491 e. The molecule has 2 aliphatic rings. The highest BCUT2D eigenvalue weighted by atomic mass is 16.5. The van der Waals surface area contributed by atoms with Gasteiger partial charge in [0.1, 0.15) is 12.4 Å². The number of hydrogen-bond donors (Lipinski definition) is 1. The van der Waals surface area contributed by atoms with Crippen LogP contribution in [0.15, 0.2) is 48.5 Å². The number of ether oxygens (including phenoxy) is 1. The topological polar surface area (TPSA) is 83.2 Å². The molecule has 1 unspecified atom stereocenters. The number of aryl methyl sites for hydroxylation is 1. The molecule has 0 saturated heterocycles. The molecule has 162 valence electrons. The second kappa shape index (κ2) is 8.48. The number of amides is 1. The third-order valence-corrected chi connectivity index (χ3v) is 6.07. The van der Waals surface area contributed by atoms with E-state index < -0.39 is 0 Å². The van der Waals surface area contributed by atoms with E-state index in [1.54, 1.807) is 6.07 Å². The monoisotopic (exact) mass is 427 g/mol. The molecule has 0 bridgehead atoms. The second-order valence-corrected chi connectivity index (χ2v) is 8.56. The van der Waals surface area contributed by atoms with E-state index in [4.69, 9.17) is 10.00 Å². The van der Waals surface area contributed by atoms with Crippen molar-refractivity contribution in [3.8, 4) is 11.8 Å². The molecule has 1 amide bonds. The van der Waals surface area contributed by atoms with Crippen molar-refractivity contribution in [2.75, 3.05) is 13.2 Å². The number of carbonyl (C=O) groups is 1. The molecule has 0 aliphatic carbocycles. The van der Waals surface area contributed by atoms with E-state index in [2.05, 4.69) is 52.6 Å². The van der Waals surface area contributed by atoms with E-state index in [0.29, 0.717) is 24.3 Å². The lowest BCUT2D eigenvalue weighted by molar-refractivity contribution is 0.0909. The van der Waals surface area contributed by atoms with Crippen molar-refractivity contribution in [1.82, 2.24) is 20.0 Å². The van der Waals surface area contributed by atoms with Gasteiger partial charge in [-0.3, -0.25) is 14.4 Å². The summed E-state index contributed by atoms with van der Waals surface area (Å²) in [5.74, 6) is 0.589. The normalized spacial score (nSPS) is 17.6. The summed E-state index contributed by atoms with van der Waals surface area (Å²) >= 11 is 0. The summed E-state index contributed by atoms with van der Waals surface area (Å²) in [6, 6.07) is 17.9. The lowest BCUT2D eigenvalue weighted by atomic mass is 10.0. The summed E-state index contributed by atoms with van der Waals surface area (Å²) in [5, 5.41) is 16.7. The van der Waals surface area contributed by atoms with Gasteiger partial charge in [-0.2, -0.15) is 10.4 Å². The molecule has 1 N–H and O–H groups in total. The third-order valence-electron chi connectivity index (χ3n) is 6.07. The van der Waals surface area contributed by atoms with Gasteiger partial charge in [0.2, 0.25) is 0 Å². The Hall–Kier alpha value is -3.63. The fourth-order valence-corrected chi connectivity index (χ4v) is 4.33. The molecule has 0 radical (unpaired) electrons. The van der Waals surface area contributed by atoms with Gasteiger partial charge < -0.3 is 10.1 Å². The lowest BCUT2D eigenvalue weighted by Crippen LogP contribution is -2.42. The number of benzene rings is 2. The van der Waals surface area contributed by atoms with Crippen molar-refractivity contribution in [1.29, 1.82) is 5.26 Å². The van der Waals surface area contributed by atoms with Crippen molar-refractivity contribution < 1.29 is 9.53 Å². The minimum Gasteiger partial charge on any atom is -0.491 e. The number of nitrogens with zero attached hydrogens (tertiary/aromatic N) is 4. The molecule has 7 nitrogen and oxygen atoms in total. The Morgan fingerprint density at radius 2 is 2.06 bits per heavy atom. The summed E-state index contributed by atoms with van der Waals surface area (Å²) in [4.78, 5) is 15.2. The molecule has 1 atom stereocenters. The molecule has 32 heavy (non-hydrogen) atoms. The van der Waals surface area contributed by atoms with Gasteiger partial charge in [-0.15, -0.1) is 0 Å². The van der Waals surface area contributed by atoms with E-state index in [-0.39, 0.29) is 11.9 Å². The first-order chi connectivity index (χ1) is 15.6. The number of nitrogens with one attached hydrogen (secondary N) is 1. The van der Waals surface area contributed by atoms with Crippen LogP contribution in [0.3, 0.4) is 0 Å². The fourth-order valence-electron chi connectivity index (χ4n) is 4.33. The van der Waals surface area contributed by atoms with Gasteiger partial charge in [-0.05, 0) is 48.7 Å². The Labute approximate surface area is 187 Å². The molecule has 2 aromatic carbocycles. The van der Waals surface area contributed by atoms with Crippen LogP contribution in [0.4, 0.5) is 0 Å². The maximum Gasteiger partial charge on any atom is 0.272 e. The molecule has 3 heterocycles. The predicted molar refractivity (Wildman–Crippen MR) is 119 cm³/mol. The molecule has 0 spiro atoms. The van der Waals surface area contributed by atoms with Crippen LogP contribution < -0.4 is 10.1 Å². The Balaban J connectivity index is 1.22. The van der Waals surface area contributed by atoms with E-state index >= 15 is 0 Å². The molecule has 0 fully saturated rings. The van der Waals surface area contributed by atoms with E-state index in [1.165, 1.54) is 11.1 Å². The summed E-state index contributed by atoms with van der Waals surface area (Å²) in [6.45, 7) is 5.82. The minimum atomic E-state index is -0.189. The first kappa shape index (κ1) is 20.3. The zero-order valence-electron chi connectivity index (χ0n) is 18.0. The number of aromatic nitrogens is 2. The summed E-state index contributed by atoms with van der Waals surface area (Å²) in [7, 11) is 0. The van der Waals surface area contributed by atoms with Crippen LogP contribution in [0.1, 0.15) is 38.4 Å². The minimum absolute atomic E-state index is 0.152. The number of nitriles is 1. The van der Waals surface area contributed by atoms with Crippen molar-refractivity contribution >= 4 is 5.91 Å². The van der Waals surface area contributed by atoms with Crippen LogP contribution in [-0.4, -0.2) is 39.8 Å². The molecular weight excluding hydrogens is 402 g/mol. The molecule has 1 aromatic heterocycles. The number of rotatable bonds is 4. The van der Waals surface area contributed by atoms with Gasteiger partial charge in [0.15, 0.2) is 5.69 Å². The zero-order valence-corrected chi connectivity index (χ0v) is 18.0. The molecule has 2 aliphatic heterocycles. The lowest BCUT2D eigenvalue weighted by Gasteiger charge is -2.27. The average molecular weight is 428 g/mol. The van der Waals surface area contributed by atoms with Crippen molar-refractivity contribution in [2.45, 2.75) is 39.0 Å². The highest BCUT2D eigenvalue weighted by molar-refractivity contribution is 5.92. The number of fused-ring (bicyclic) bond motifs is 2. The average Bonchev–Trinajstić information content (AvgIpc) is 3.24. The van der Waals surface area contributed by atoms with Gasteiger partial charge in [0, 0.05) is 19.6 Å². The third kappa shape index (κ3) is 4.23. The van der Waals surface area contributed by atoms with E-state index in [0.717, 1.165) is 43.2 Å². The smallest absolute Gasteiger partial charge is 0.272 e. The van der Waals surface area contributed by atoms with Gasteiger partial charge >= 0.3 is 0 Å². The molecule has 5 rings (SSSR count). The Kier molecular flexibility index (Phi) is 5.38. The van der Waals surface area contributed by atoms with Crippen LogP contribution in [0.5, 0.6) is 5.75 Å². The standard InChI is InChI=1S/C25H25N5O2/c1-17-2-4-18(5-3-17)14-29-8-9-30-22(15-29)12-23(28-30)25(31)27-21-11-20-10-19(13-26)6-7-24(20)32-16-21/h2-7,10,12,21H,8-9,11,14-16H2,1H3,(H,27,31). The highest BCUT2D eigenvalue weighted by Crippen LogP contribution is 2.26. The van der Waals surface area contributed by atoms with Crippen LogP contribution in [-0.2, 0) is 26.1 Å². The van der Waals surface area contributed by atoms with Gasteiger partial charge in [-0.25, -0.2) is 0 Å². The first-order valence-electron chi connectivity index (χ1n) is 10.9. The summed E-state index contributed by atoms with van der Waals surface area (Å²) in [6.07, 6.45) is 0.633. The second-order valence-electron chi connectivity index (χ2n) is 8.56. The van der Waals surface area contributed by atoms with Crippen LogP contribution >= 0.6 is 0 Å². The maximum absolute atomic E-state index is 12.9. The number of carbonyl (C=O) groups excluding carboxylic acids is 1. The SMILES string of the molecule is Cc1ccc(CN2CCn3nc(C(=O)NC4COc5ccc(C#N)cc5C4)cc3C2)cc1. The van der Waals surface area contributed by atoms with Crippen molar-refractivity contribution in [2.24, 2.45) is 0 Å². The highest BCUT2D eigenvalue weighted by Gasteiger charge is 2.25. The van der Waals surface area contributed by atoms with Crippen LogP contribution in [0, 0.1) is 18.3 Å². The number of hydrogen-bond acceptors (Lipinski definition) is 5. The van der Waals surface area contributed by atoms with Crippen LogP contribution in [0.25, 0.3) is 0 Å². The van der Waals surface area contributed by atoms with Crippen molar-refractivity contribution in [3.05, 3.63) is 82.2 Å². The predicted octanol–water partition coefficient (Wildman–Crippen LogP) is 2.81.